The van der Waals surface area contributed by atoms with Gasteiger partial charge < -0.3 is 5.32 Å². The summed E-state index contributed by atoms with van der Waals surface area (Å²) in [7, 11) is 0. The first kappa shape index (κ1) is 12.1. The molecule has 0 saturated carbocycles. The Labute approximate surface area is 105 Å². The fourth-order valence-corrected chi connectivity index (χ4v) is 1.53. The first-order valence-corrected chi connectivity index (χ1v) is 5.63. The summed E-state index contributed by atoms with van der Waals surface area (Å²) in [5.74, 6) is -0.419. The summed E-state index contributed by atoms with van der Waals surface area (Å²) in [6.45, 7) is 0. The van der Waals surface area contributed by atoms with E-state index in [1.54, 1.807) is 36.4 Å². The number of carbonyl (C=O) groups excluding carboxylic acids is 2. The van der Waals surface area contributed by atoms with Gasteiger partial charge in [0.15, 0.2) is 0 Å². The Hall–Kier alpha value is -2.36. The van der Waals surface area contributed by atoms with Crippen LogP contribution < -0.4 is 10.6 Å². The van der Waals surface area contributed by atoms with E-state index in [1.807, 2.05) is 18.6 Å². The van der Waals surface area contributed by atoms with E-state index >= 15 is 0 Å². The lowest BCUT2D eigenvalue weighted by atomic mass is 10.1. The second-order valence-electron chi connectivity index (χ2n) is 3.77. The normalized spacial score (nSPS) is 13.7. The van der Waals surface area contributed by atoms with Crippen LogP contribution in [0.4, 0.5) is 4.79 Å². The molecule has 0 aromatic heterocycles. The second kappa shape index (κ2) is 5.82. The highest BCUT2D eigenvalue weighted by atomic mass is 16.2. The predicted octanol–water partition coefficient (Wildman–Crippen LogP) is 2.17. The zero-order chi connectivity index (χ0) is 12.8. The summed E-state index contributed by atoms with van der Waals surface area (Å²) in [6, 6.07) is 8.06. The molecule has 4 nitrogen and oxygen atoms in total. The number of hydrogen-bond acceptors (Lipinski definition) is 2. The fourth-order valence-electron chi connectivity index (χ4n) is 1.53. The van der Waals surface area contributed by atoms with Crippen LogP contribution in [0.15, 0.2) is 54.3 Å². The molecule has 2 N–H and O–H groups in total. The Morgan fingerprint density at radius 1 is 1.11 bits per heavy atom. The summed E-state index contributed by atoms with van der Waals surface area (Å²) in [4.78, 5) is 23.2. The molecule has 3 amide bonds. The lowest BCUT2D eigenvalue weighted by Gasteiger charge is -2.09. The van der Waals surface area contributed by atoms with Crippen molar-refractivity contribution in [3.05, 3.63) is 66.2 Å². The third kappa shape index (κ3) is 3.31. The Kier molecular flexibility index (Phi) is 3.91. The maximum Gasteiger partial charge on any atom is 0.326 e. The highest BCUT2D eigenvalue weighted by molar-refractivity contribution is 6.04. The van der Waals surface area contributed by atoms with Crippen molar-refractivity contribution in [1.29, 1.82) is 0 Å². The molecule has 1 aliphatic carbocycles. The van der Waals surface area contributed by atoms with Gasteiger partial charge in [0.25, 0.3) is 5.91 Å². The molecular weight excluding hydrogens is 228 g/mol. The fraction of sp³-hybridized carbons (Fsp3) is 0.0714. The van der Waals surface area contributed by atoms with E-state index in [0.29, 0.717) is 11.3 Å². The number of amides is 3. The summed E-state index contributed by atoms with van der Waals surface area (Å²) >= 11 is 0. The standard InChI is InChI=1S/C14H13N2O2/c17-13(11-7-3-1-4-8-11)16-14(18)15-12-9-5-2-6-10-12/h1,3-10H,2H2,(H2,15,16,17,18). The van der Waals surface area contributed by atoms with Crippen LogP contribution in [0.3, 0.4) is 0 Å². The van der Waals surface area contributed by atoms with Crippen molar-refractivity contribution in [3.63, 3.8) is 0 Å². The van der Waals surface area contributed by atoms with Gasteiger partial charge in [-0.05, 0) is 31.1 Å². The number of hydrogen-bond donors (Lipinski definition) is 2. The monoisotopic (exact) mass is 241 g/mol. The van der Waals surface area contributed by atoms with E-state index < -0.39 is 11.9 Å². The quantitative estimate of drug-likeness (QED) is 0.833. The van der Waals surface area contributed by atoms with E-state index in [9.17, 15) is 9.59 Å². The van der Waals surface area contributed by atoms with Crippen LogP contribution in [0.5, 0.6) is 0 Å². The minimum Gasteiger partial charge on any atom is -0.308 e. The second-order valence-corrected chi connectivity index (χ2v) is 3.77. The largest absolute Gasteiger partial charge is 0.326 e. The minimum atomic E-state index is -0.532. The third-order valence-electron chi connectivity index (χ3n) is 2.39. The van der Waals surface area contributed by atoms with Gasteiger partial charge in [-0.15, -0.1) is 0 Å². The van der Waals surface area contributed by atoms with Gasteiger partial charge in [0.2, 0.25) is 0 Å². The van der Waals surface area contributed by atoms with Gasteiger partial charge in [-0.25, -0.2) is 4.79 Å². The lowest BCUT2D eigenvalue weighted by Crippen LogP contribution is -2.38. The molecule has 0 atom stereocenters. The van der Waals surface area contributed by atoms with Crippen LogP contribution in [-0.4, -0.2) is 11.9 Å². The Balaban J connectivity index is 1.90. The molecule has 91 valence electrons. The van der Waals surface area contributed by atoms with Crippen LogP contribution in [-0.2, 0) is 0 Å². The average molecular weight is 241 g/mol. The van der Waals surface area contributed by atoms with E-state index in [1.165, 1.54) is 0 Å². The van der Waals surface area contributed by atoms with Crippen LogP contribution in [0.2, 0.25) is 0 Å². The van der Waals surface area contributed by atoms with E-state index in [4.69, 9.17) is 0 Å². The Morgan fingerprint density at radius 3 is 2.56 bits per heavy atom. The van der Waals surface area contributed by atoms with Gasteiger partial charge in [-0.3, -0.25) is 10.1 Å². The van der Waals surface area contributed by atoms with Crippen molar-refractivity contribution in [2.24, 2.45) is 0 Å². The number of carbonyl (C=O) groups is 2. The molecule has 0 aliphatic heterocycles. The van der Waals surface area contributed by atoms with E-state index in [0.717, 1.165) is 6.42 Å². The lowest BCUT2D eigenvalue weighted by molar-refractivity contribution is 0.0964. The summed E-state index contributed by atoms with van der Waals surface area (Å²) in [5.41, 5.74) is 1.12. The molecule has 18 heavy (non-hydrogen) atoms. The molecule has 1 aromatic carbocycles. The molecule has 0 fully saturated rings. The molecule has 0 saturated heterocycles. The van der Waals surface area contributed by atoms with E-state index in [2.05, 4.69) is 10.6 Å². The van der Waals surface area contributed by atoms with Gasteiger partial charge in [-0.2, -0.15) is 0 Å². The van der Waals surface area contributed by atoms with Crippen LogP contribution in [0.1, 0.15) is 16.8 Å². The van der Waals surface area contributed by atoms with Crippen molar-refractivity contribution in [3.8, 4) is 0 Å². The first-order chi connectivity index (χ1) is 8.75. The molecule has 0 bridgehead atoms. The summed E-state index contributed by atoms with van der Waals surface area (Å²) in [5, 5.41) is 4.86. The summed E-state index contributed by atoms with van der Waals surface area (Å²) < 4.78 is 0. The van der Waals surface area contributed by atoms with Gasteiger partial charge in [0.1, 0.15) is 0 Å². The zero-order valence-corrected chi connectivity index (χ0v) is 9.72. The number of benzene rings is 1. The minimum absolute atomic E-state index is 0.419. The number of imide groups is 1. The van der Waals surface area contributed by atoms with Crippen LogP contribution in [0.25, 0.3) is 0 Å². The van der Waals surface area contributed by atoms with Crippen LogP contribution >= 0.6 is 0 Å². The zero-order valence-electron chi connectivity index (χ0n) is 9.72. The third-order valence-corrected chi connectivity index (χ3v) is 2.39. The Morgan fingerprint density at radius 2 is 1.89 bits per heavy atom. The molecular formula is C14H13N2O2. The van der Waals surface area contributed by atoms with Gasteiger partial charge in [-0.1, -0.05) is 30.4 Å². The number of rotatable bonds is 2. The molecule has 4 heteroatoms. The van der Waals surface area contributed by atoms with Gasteiger partial charge >= 0.3 is 6.03 Å². The van der Waals surface area contributed by atoms with Crippen LogP contribution in [0, 0.1) is 6.42 Å². The predicted molar refractivity (Wildman–Crippen MR) is 68.6 cm³/mol. The van der Waals surface area contributed by atoms with Crippen molar-refractivity contribution in [2.75, 3.05) is 0 Å². The van der Waals surface area contributed by atoms with Gasteiger partial charge in [0.05, 0.1) is 0 Å². The molecule has 1 radical (unpaired) electrons. The number of allylic oxidation sites excluding steroid dienone is 3. The molecule has 1 aromatic rings. The van der Waals surface area contributed by atoms with Gasteiger partial charge in [0, 0.05) is 11.3 Å². The van der Waals surface area contributed by atoms with E-state index in [-0.39, 0.29) is 0 Å². The topological polar surface area (TPSA) is 58.2 Å². The maximum atomic E-state index is 11.7. The van der Waals surface area contributed by atoms with Crippen molar-refractivity contribution in [1.82, 2.24) is 10.6 Å². The number of nitrogens with one attached hydrogen (secondary N) is 2. The van der Waals surface area contributed by atoms with Crippen molar-refractivity contribution in [2.45, 2.75) is 6.42 Å². The first-order valence-electron chi connectivity index (χ1n) is 5.63. The average Bonchev–Trinajstić information content (AvgIpc) is 2.40. The van der Waals surface area contributed by atoms with Crippen molar-refractivity contribution >= 4 is 11.9 Å². The highest BCUT2D eigenvalue weighted by Crippen LogP contribution is 2.05. The highest BCUT2D eigenvalue weighted by Gasteiger charge is 2.10. The Bertz CT molecular complexity index is 504. The summed E-state index contributed by atoms with van der Waals surface area (Å²) in [6.07, 6.45) is 8.30. The maximum absolute atomic E-state index is 11.7. The molecule has 1 aliphatic rings. The molecule has 0 unspecified atom stereocenters. The molecule has 0 spiro atoms. The number of urea groups is 1. The van der Waals surface area contributed by atoms with Crippen molar-refractivity contribution < 1.29 is 9.59 Å². The SMILES string of the molecule is O=C(NC(=O)c1ccccc1)NC1=C[CH]CC=C1. The molecule has 2 rings (SSSR count). The smallest absolute Gasteiger partial charge is 0.308 e. The molecule has 0 heterocycles.